The quantitative estimate of drug-likeness (QED) is 0.761. The summed E-state index contributed by atoms with van der Waals surface area (Å²) in [6.07, 6.45) is 0. The minimum Gasteiger partial charge on any atom is -0.468 e. The molecule has 1 rings (SSSR count). The van der Waals surface area contributed by atoms with Gasteiger partial charge in [0.1, 0.15) is 5.82 Å². The Morgan fingerprint density at radius 2 is 2.24 bits per heavy atom. The van der Waals surface area contributed by atoms with E-state index in [1.54, 1.807) is 6.07 Å². The fraction of sp³-hybridized carbons (Fsp3) is 0.417. The molecule has 0 aliphatic carbocycles. The molecule has 1 aromatic rings. The van der Waals surface area contributed by atoms with E-state index in [9.17, 15) is 9.18 Å². The number of ether oxygens (including phenoxy) is 1. The normalized spacial score (nSPS) is 10.6. The second-order valence-corrected chi connectivity index (χ2v) is 4.04. The summed E-state index contributed by atoms with van der Waals surface area (Å²) in [6.45, 7) is 3.28. The van der Waals surface area contributed by atoms with Gasteiger partial charge in [0.15, 0.2) is 0 Å². The summed E-state index contributed by atoms with van der Waals surface area (Å²) < 4.78 is 17.8. The first-order valence-corrected chi connectivity index (χ1v) is 5.67. The summed E-state index contributed by atoms with van der Waals surface area (Å²) in [4.78, 5) is 13.0. The van der Waals surface area contributed by atoms with Crippen LogP contribution in [0.4, 0.5) is 4.39 Å². The summed E-state index contributed by atoms with van der Waals surface area (Å²) in [5, 5.41) is 0.102. The molecule has 1 aromatic carbocycles. The second kappa shape index (κ2) is 6.57. The van der Waals surface area contributed by atoms with Crippen molar-refractivity contribution < 1.29 is 13.9 Å². The van der Waals surface area contributed by atoms with E-state index in [2.05, 4.69) is 4.74 Å². The minimum atomic E-state index is -0.446. The first-order chi connectivity index (χ1) is 8.06. The molecule has 0 atom stereocenters. The molecule has 17 heavy (non-hydrogen) atoms. The van der Waals surface area contributed by atoms with Gasteiger partial charge in [0.2, 0.25) is 0 Å². The van der Waals surface area contributed by atoms with E-state index in [0.717, 1.165) is 5.56 Å². The second-order valence-electron chi connectivity index (χ2n) is 3.63. The van der Waals surface area contributed by atoms with Gasteiger partial charge in [-0.3, -0.25) is 9.69 Å². The third-order valence-corrected chi connectivity index (χ3v) is 2.72. The number of hydrogen-bond donors (Lipinski definition) is 0. The van der Waals surface area contributed by atoms with Crippen LogP contribution >= 0.6 is 11.6 Å². The van der Waals surface area contributed by atoms with Gasteiger partial charge < -0.3 is 4.74 Å². The van der Waals surface area contributed by atoms with Crippen molar-refractivity contribution in [3.05, 3.63) is 34.6 Å². The smallest absolute Gasteiger partial charge is 0.319 e. The fourth-order valence-electron chi connectivity index (χ4n) is 1.42. The number of rotatable bonds is 5. The molecule has 0 aliphatic rings. The van der Waals surface area contributed by atoms with Crippen molar-refractivity contribution in [1.82, 2.24) is 4.90 Å². The Balaban J connectivity index is 2.67. The fourth-order valence-corrected chi connectivity index (χ4v) is 1.54. The van der Waals surface area contributed by atoms with E-state index in [1.807, 2.05) is 11.8 Å². The van der Waals surface area contributed by atoms with E-state index < -0.39 is 5.82 Å². The average molecular weight is 260 g/mol. The zero-order valence-corrected chi connectivity index (χ0v) is 10.6. The highest BCUT2D eigenvalue weighted by atomic mass is 35.5. The Labute approximate surface area is 105 Å². The van der Waals surface area contributed by atoms with Gasteiger partial charge in [0.25, 0.3) is 0 Å². The maximum absolute atomic E-state index is 13.2. The van der Waals surface area contributed by atoms with Gasteiger partial charge >= 0.3 is 5.97 Å². The van der Waals surface area contributed by atoms with Gasteiger partial charge in [-0.05, 0) is 24.2 Å². The van der Waals surface area contributed by atoms with E-state index in [-0.39, 0.29) is 17.5 Å². The monoisotopic (exact) mass is 259 g/mol. The van der Waals surface area contributed by atoms with E-state index in [0.29, 0.717) is 13.1 Å². The molecule has 0 amide bonds. The highest BCUT2D eigenvalue weighted by molar-refractivity contribution is 6.30. The number of likely N-dealkylation sites (N-methyl/N-ethyl adjacent to an activating group) is 1. The first kappa shape index (κ1) is 13.9. The van der Waals surface area contributed by atoms with Crippen molar-refractivity contribution >= 4 is 17.6 Å². The Kier molecular flexibility index (Phi) is 5.38. The van der Waals surface area contributed by atoms with Gasteiger partial charge in [-0.25, -0.2) is 4.39 Å². The van der Waals surface area contributed by atoms with Crippen LogP contribution in [-0.2, 0) is 16.1 Å². The van der Waals surface area contributed by atoms with Crippen LogP contribution in [-0.4, -0.2) is 31.1 Å². The number of methoxy groups -OCH3 is 1. The van der Waals surface area contributed by atoms with Crippen LogP contribution in [0.3, 0.4) is 0 Å². The van der Waals surface area contributed by atoms with Crippen LogP contribution in [0, 0.1) is 5.82 Å². The molecule has 5 heteroatoms. The number of nitrogens with zero attached hydrogens (tertiary/aromatic N) is 1. The van der Waals surface area contributed by atoms with Crippen LogP contribution in [0.2, 0.25) is 5.02 Å². The Morgan fingerprint density at radius 3 is 2.76 bits per heavy atom. The Hall–Kier alpha value is -1.13. The Bertz CT molecular complexity index is 398. The molecule has 0 aliphatic heterocycles. The molecular formula is C12H15ClFNO2. The molecular weight excluding hydrogens is 245 g/mol. The molecule has 0 radical (unpaired) electrons. The van der Waals surface area contributed by atoms with Crippen LogP contribution < -0.4 is 0 Å². The van der Waals surface area contributed by atoms with Crippen molar-refractivity contribution in [3.8, 4) is 0 Å². The molecule has 0 fully saturated rings. The van der Waals surface area contributed by atoms with Crippen LogP contribution in [0.15, 0.2) is 18.2 Å². The van der Waals surface area contributed by atoms with Crippen molar-refractivity contribution in [1.29, 1.82) is 0 Å². The van der Waals surface area contributed by atoms with Crippen molar-refractivity contribution in [3.63, 3.8) is 0 Å². The predicted molar refractivity (Wildman–Crippen MR) is 64.4 cm³/mol. The van der Waals surface area contributed by atoms with Crippen LogP contribution in [0.25, 0.3) is 0 Å². The van der Waals surface area contributed by atoms with E-state index >= 15 is 0 Å². The summed E-state index contributed by atoms with van der Waals surface area (Å²) >= 11 is 5.60. The van der Waals surface area contributed by atoms with E-state index in [4.69, 9.17) is 11.6 Å². The van der Waals surface area contributed by atoms with Gasteiger partial charge in [-0.2, -0.15) is 0 Å². The largest absolute Gasteiger partial charge is 0.468 e. The number of halogens is 2. The van der Waals surface area contributed by atoms with Crippen molar-refractivity contribution in [2.75, 3.05) is 20.2 Å². The number of benzene rings is 1. The van der Waals surface area contributed by atoms with Gasteiger partial charge in [0.05, 0.1) is 18.7 Å². The standard InChI is InChI=1S/C12H15ClFNO2/c1-3-15(8-12(16)17-2)7-9-4-5-10(13)11(14)6-9/h4-6H,3,7-8H2,1-2H3. The van der Waals surface area contributed by atoms with Crippen molar-refractivity contribution in [2.45, 2.75) is 13.5 Å². The maximum atomic E-state index is 13.2. The lowest BCUT2D eigenvalue weighted by Gasteiger charge is -2.18. The topological polar surface area (TPSA) is 29.5 Å². The first-order valence-electron chi connectivity index (χ1n) is 5.30. The third-order valence-electron chi connectivity index (χ3n) is 2.42. The summed E-state index contributed by atoms with van der Waals surface area (Å²) in [7, 11) is 1.35. The van der Waals surface area contributed by atoms with Gasteiger partial charge in [-0.1, -0.05) is 24.6 Å². The molecule has 0 spiro atoms. The summed E-state index contributed by atoms with van der Waals surface area (Å²) in [6, 6.07) is 4.63. The lowest BCUT2D eigenvalue weighted by atomic mass is 10.2. The molecule has 0 aromatic heterocycles. The van der Waals surface area contributed by atoms with E-state index in [1.165, 1.54) is 19.2 Å². The molecule has 0 unspecified atom stereocenters. The molecule has 0 saturated heterocycles. The molecule has 0 N–H and O–H groups in total. The zero-order chi connectivity index (χ0) is 12.8. The lowest BCUT2D eigenvalue weighted by Crippen LogP contribution is -2.30. The number of hydrogen-bond acceptors (Lipinski definition) is 3. The molecule has 0 heterocycles. The Morgan fingerprint density at radius 1 is 1.53 bits per heavy atom. The molecule has 0 saturated carbocycles. The minimum absolute atomic E-state index is 0.102. The molecule has 0 bridgehead atoms. The van der Waals surface area contributed by atoms with Crippen LogP contribution in [0.5, 0.6) is 0 Å². The zero-order valence-electron chi connectivity index (χ0n) is 9.87. The number of carbonyl (C=O) groups is 1. The lowest BCUT2D eigenvalue weighted by molar-refractivity contribution is -0.142. The van der Waals surface area contributed by atoms with Crippen molar-refractivity contribution in [2.24, 2.45) is 0 Å². The summed E-state index contributed by atoms with van der Waals surface area (Å²) in [5.41, 5.74) is 0.776. The number of carbonyl (C=O) groups excluding carboxylic acids is 1. The SMILES string of the molecule is CCN(CC(=O)OC)Cc1ccc(Cl)c(F)c1. The predicted octanol–water partition coefficient (Wildman–Crippen LogP) is 2.47. The highest BCUT2D eigenvalue weighted by Crippen LogP contribution is 2.16. The van der Waals surface area contributed by atoms with Crippen LogP contribution in [0.1, 0.15) is 12.5 Å². The van der Waals surface area contributed by atoms with Gasteiger partial charge in [-0.15, -0.1) is 0 Å². The average Bonchev–Trinajstić information content (AvgIpc) is 2.32. The maximum Gasteiger partial charge on any atom is 0.319 e. The molecule has 94 valence electrons. The summed E-state index contributed by atoms with van der Waals surface area (Å²) in [5.74, 6) is -0.750. The molecule has 3 nitrogen and oxygen atoms in total. The third kappa shape index (κ3) is 4.32. The number of esters is 1. The van der Waals surface area contributed by atoms with Gasteiger partial charge in [0, 0.05) is 6.54 Å². The highest BCUT2D eigenvalue weighted by Gasteiger charge is 2.10.